The van der Waals surface area contributed by atoms with Gasteiger partial charge in [0.1, 0.15) is 5.60 Å². The standard InChI is InChI=1S/C17H24N2O4/c1-11(2)19-14(20)9-18-15(21)10-22-13-7-5-6-12-8-17(3,4)23-16(12)13/h5-7,11H,8-10H2,1-4H3,(H,18,21)(H,19,20). The van der Waals surface area contributed by atoms with Gasteiger partial charge in [-0.1, -0.05) is 12.1 Å². The summed E-state index contributed by atoms with van der Waals surface area (Å²) in [4.78, 5) is 23.2. The van der Waals surface area contributed by atoms with E-state index in [1.54, 1.807) is 6.07 Å². The number of fused-ring (bicyclic) bond motifs is 1. The lowest BCUT2D eigenvalue weighted by Gasteiger charge is -2.18. The molecule has 1 aromatic carbocycles. The van der Waals surface area contributed by atoms with E-state index in [4.69, 9.17) is 9.47 Å². The molecule has 0 spiro atoms. The van der Waals surface area contributed by atoms with Gasteiger partial charge in [0.15, 0.2) is 18.1 Å². The van der Waals surface area contributed by atoms with Gasteiger partial charge in [-0.25, -0.2) is 0 Å². The molecule has 0 saturated heterocycles. The lowest BCUT2D eigenvalue weighted by Crippen LogP contribution is -2.41. The fraction of sp³-hybridized carbons (Fsp3) is 0.529. The van der Waals surface area contributed by atoms with Crippen LogP contribution in [0.2, 0.25) is 0 Å². The van der Waals surface area contributed by atoms with E-state index in [-0.39, 0.29) is 36.6 Å². The number of hydrogen-bond acceptors (Lipinski definition) is 4. The van der Waals surface area contributed by atoms with Crippen LogP contribution in [0.3, 0.4) is 0 Å². The quantitative estimate of drug-likeness (QED) is 0.831. The van der Waals surface area contributed by atoms with Crippen LogP contribution in [0, 0.1) is 0 Å². The van der Waals surface area contributed by atoms with Gasteiger partial charge in [0, 0.05) is 18.0 Å². The van der Waals surface area contributed by atoms with Gasteiger partial charge >= 0.3 is 0 Å². The number of hydrogen-bond donors (Lipinski definition) is 2. The lowest BCUT2D eigenvalue weighted by atomic mass is 10.0. The summed E-state index contributed by atoms with van der Waals surface area (Å²) in [7, 11) is 0. The number of nitrogens with one attached hydrogen (secondary N) is 2. The average molecular weight is 320 g/mol. The Labute approximate surface area is 136 Å². The van der Waals surface area contributed by atoms with Gasteiger partial charge in [-0.3, -0.25) is 9.59 Å². The van der Waals surface area contributed by atoms with Gasteiger partial charge in [-0.2, -0.15) is 0 Å². The molecule has 126 valence electrons. The van der Waals surface area contributed by atoms with Crippen LogP contribution in [-0.2, 0) is 16.0 Å². The molecule has 1 aliphatic rings. The van der Waals surface area contributed by atoms with Gasteiger partial charge in [0.05, 0.1) is 6.54 Å². The van der Waals surface area contributed by atoms with E-state index < -0.39 is 0 Å². The van der Waals surface area contributed by atoms with Crippen LogP contribution < -0.4 is 20.1 Å². The fourth-order valence-electron chi connectivity index (χ4n) is 2.45. The third-order valence-corrected chi connectivity index (χ3v) is 3.31. The molecule has 1 heterocycles. The predicted octanol–water partition coefficient (Wildman–Crippen LogP) is 1.42. The van der Waals surface area contributed by atoms with Crippen molar-refractivity contribution in [3.63, 3.8) is 0 Å². The molecule has 0 aliphatic carbocycles. The first-order chi connectivity index (χ1) is 10.8. The summed E-state index contributed by atoms with van der Waals surface area (Å²) in [6.07, 6.45) is 0.807. The van der Waals surface area contributed by atoms with Crippen LogP contribution in [0.4, 0.5) is 0 Å². The molecule has 1 aromatic rings. The first-order valence-corrected chi connectivity index (χ1v) is 7.76. The second-order valence-corrected chi connectivity index (χ2v) is 6.57. The summed E-state index contributed by atoms with van der Waals surface area (Å²) in [5.41, 5.74) is 0.808. The first-order valence-electron chi connectivity index (χ1n) is 7.76. The largest absolute Gasteiger partial charge is 0.483 e. The molecule has 0 atom stereocenters. The third kappa shape index (κ3) is 4.87. The molecule has 2 amide bonds. The highest BCUT2D eigenvalue weighted by molar-refractivity contribution is 5.85. The van der Waals surface area contributed by atoms with Crippen molar-refractivity contribution < 1.29 is 19.1 Å². The van der Waals surface area contributed by atoms with Gasteiger partial charge in [0.25, 0.3) is 5.91 Å². The second-order valence-electron chi connectivity index (χ2n) is 6.57. The fourth-order valence-corrected chi connectivity index (χ4v) is 2.45. The summed E-state index contributed by atoms with van der Waals surface area (Å²) >= 11 is 0. The zero-order valence-corrected chi connectivity index (χ0v) is 14.1. The molecular formula is C17H24N2O4. The number of benzene rings is 1. The zero-order valence-electron chi connectivity index (χ0n) is 14.1. The Kier molecular flexibility index (Phi) is 5.13. The van der Waals surface area contributed by atoms with E-state index >= 15 is 0 Å². The molecule has 0 bridgehead atoms. The molecule has 2 rings (SSSR count). The van der Waals surface area contributed by atoms with E-state index in [1.807, 2.05) is 39.8 Å². The van der Waals surface area contributed by atoms with Crippen molar-refractivity contribution in [2.45, 2.75) is 45.8 Å². The summed E-state index contributed by atoms with van der Waals surface area (Å²) < 4.78 is 11.4. The Balaban J connectivity index is 1.84. The number of amides is 2. The van der Waals surface area contributed by atoms with E-state index in [0.29, 0.717) is 11.5 Å². The van der Waals surface area contributed by atoms with E-state index in [2.05, 4.69) is 10.6 Å². The lowest BCUT2D eigenvalue weighted by molar-refractivity contribution is -0.127. The maximum atomic E-state index is 11.8. The summed E-state index contributed by atoms with van der Waals surface area (Å²) in [6.45, 7) is 7.53. The van der Waals surface area contributed by atoms with Gasteiger partial charge in [-0.05, 0) is 33.8 Å². The normalized spacial score (nSPS) is 14.8. The average Bonchev–Trinajstić information content (AvgIpc) is 2.76. The smallest absolute Gasteiger partial charge is 0.258 e. The van der Waals surface area contributed by atoms with Gasteiger partial charge in [-0.15, -0.1) is 0 Å². The summed E-state index contributed by atoms with van der Waals surface area (Å²) in [5, 5.41) is 5.23. The summed E-state index contributed by atoms with van der Waals surface area (Å²) in [5.74, 6) is 0.676. The zero-order chi connectivity index (χ0) is 17.0. The van der Waals surface area contributed by atoms with Gasteiger partial charge in [0.2, 0.25) is 5.91 Å². The molecule has 6 heteroatoms. The van der Waals surface area contributed by atoms with Crippen LogP contribution in [0.1, 0.15) is 33.3 Å². The maximum absolute atomic E-state index is 11.8. The Morgan fingerprint density at radius 3 is 2.74 bits per heavy atom. The maximum Gasteiger partial charge on any atom is 0.258 e. The molecule has 1 aliphatic heterocycles. The van der Waals surface area contributed by atoms with Crippen molar-refractivity contribution in [1.29, 1.82) is 0 Å². The van der Waals surface area contributed by atoms with Crippen LogP contribution >= 0.6 is 0 Å². The monoisotopic (exact) mass is 320 g/mol. The van der Waals surface area contributed by atoms with Crippen LogP contribution in [0.5, 0.6) is 11.5 Å². The Hall–Kier alpha value is -2.24. The minimum absolute atomic E-state index is 0.0445. The predicted molar refractivity (Wildman–Crippen MR) is 86.6 cm³/mol. The molecule has 0 radical (unpaired) electrons. The number of carbonyl (C=O) groups excluding carboxylic acids is 2. The van der Waals surface area contributed by atoms with Crippen molar-refractivity contribution >= 4 is 11.8 Å². The minimum Gasteiger partial charge on any atom is -0.483 e. The van der Waals surface area contributed by atoms with Crippen molar-refractivity contribution in [2.24, 2.45) is 0 Å². The van der Waals surface area contributed by atoms with E-state index in [0.717, 1.165) is 12.0 Å². The molecule has 23 heavy (non-hydrogen) atoms. The van der Waals surface area contributed by atoms with Crippen LogP contribution in [-0.4, -0.2) is 36.6 Å². The topological polar surface area (TPSA) is 76.7 Å². The Morgan fingerprint density at radius 2 is 2.04 bits per heavy atom. The SMILES string of the molecule is CC(C)NC(=O)CNC(=O)COc1cccc2c1OC(C)(C)C2. The molecule has 6 nitrogen and oxygen atoms in total. The van der Waals surface area contributed by atoms with Crippen molar-refractivity contribution in [2.75, 3.05) is 13.2 Å². The molecule has 2 N–H and O–H groups in total. The van der Waals surface area contributed by atoms with Crippen LogP contribution in [0.15, 0.2) is 18.2 Å². The highest BCUT2D eigenvalue weighted by Crippen LogP contribution is 2.41. The number of rotatable bonds is 6. The second kappa shape index (κ2) is 6.89. The highest BCUT2D eigenvalue weighted by Gasteiger charge is 2.32. The summed E-state index contributed by atoms with van der Waals surface area (Å²) in [6, 6.07) is 5.70. The van der Waals surface area contributed by atoms with Crippen molar-refractivity contribution in [3.8, 4) is 11.5 Å². The third-order valence-electron chi connectivity index (χ3n) is 3.31. The molecule has 0 unspecified atom stereocenters. The Morgan fingerprint density at radius 1 is 1.30 bits per heavy atom. The van der Waals surface area contributed by atoms with E-state index in [9.17, 15) is 9.59 Å². The number of ether oxygens (including phenoxy) is 2. The molecule has 0 aromatic heterocycles. The first kappa shape index (κ1) is 17.1. The van der Waals surface area contributed by atoms with E-state index in [1.165, 1.54) is 0 Å². The molecule has 0 saturated carbocycles. The molecule has 0 fully saturated rings. The van der Waals surface area contributed by atoms with Gasteiger partial charge < -0.3 is 20.1 Å². The van der Waals surface area contributed by atoms with Crippen molar-refractivity contribution in [3.05, 3.63) is 23.8 Å². The highest BCUT2D eigenvalue weighted by atomic mass is 16.5. The number of carbonyl (C=O) groups is 2. The van der Waals surface area contributed by atoms with Crippen molar-refractivity contribution in [1.82, 2.24) is 10.6 Å². The Bertz CT molecular complexity index is 596. The van der Waals surface area contributed by atoms with Crippen LogP contribution in [0.25, 0.3) is 0 Å². The number of para-hydroxylation sites is 1. The minimum atomic E-state index is -0.348. The molecular weight excluding hydrogens is 296 g/mol.